The Bertz CT molecular complexity index is 1060. The van der Waals surface area contributed by atoms with Gasteiger partial charge >= 0.3 is 0 Å². The first kappa shape index (κ1) is 16.9. The van der Waals surface area contributed by atoms with E-state index >= 15 is 0 Å². The first-order valence-corrected chi connectivity index (χ1v) is 9.88. The van der Waals surface area contributed by atoms with E-state index in [2.05, 4.69) is 115 Å². The van der Waals surface area contributed by atoms with Gasteiger partial charge in [0.15, 0.2) is 0 Å². The molecule has 0 amide bonds. The average molecular weight is 364 g/mol. The van der Waals surface area contributed by atoms with Gasteiger partial charge in [-0.05, 0) is 61.4 Å². The molecule has 0 saturated heterocycles. The van der Waals surface area contributed by atoms with E-state index in [1.54, 1.807) is 0 Å². The fourth-order valence-corrected chi connectivity index (χ4v) is 4.38. The highest BCUT2D eigenvalue weighted by Crippen LogP contribution is 2.49. The molecule has 0 fully saturated rings. The molecule has 2 nitrogen and oxygen atoms in total. The summed E-state index contributed by atoms with van der Waals surface area (Å²) in [7, 11) is 2.14. The molecule has 0 radical (unpaired) electrons. The molecule has 1 aliphatic heterocycles. The van der Waals surface area contributed by atoms with Gasteiger partial charge in [0.2, 0.25) is 0 Å². The molecule has 138 valence electrons. The standard InChI is InChI=1S/C26H24N2/c1-19-13-15-25-23(17-19)24-18-22(27(2)20-9-5-3-6-10-20)14-16-26(24)28(25)21-11-7-4-8-12-21/h3-14,16-18,25H,15H2,1-2H3. The number of hydrogen-bond donors (Lipinski definition) is 0. The van der Waals surface area contributed by atoms with E-state index in [4.69, 9.17) is 0 Å². The summed E-state index contributed by atoms with van der Waals surface area (Å²) in [5, 5.41) is 0. The molecule has 1 unspecified atom stereocenters. The smallest absolute Gasteiger partial charge is 0.0633 e. The molecule has 0 aromatic heterocycles. The van der Waals surface area contributed by atoms with Gasteiger partial charge in [-0.2, -0.15) is 0 Å². The molecule has 2 heteroatoms. The van der Waals surface area contributed by atoms with Crippen molar-refractivity contribution in [3.63, 3.8) is 0 Å². The van der Waals surface area contributed by atoms with Crippen LogP contribution in [0.25, 0.3) is 5.57 Å². The number of nitrogens with zero attached hydrogens (tertiary/aromatic N) is 2. The summed E-state index contributed by atoms with van der Waals surface area (Å²) in [6.07, 6.45) is 5.76. The molecule has 0 bridgehead atoms. The van der Waals surface area contributed by atoms with Crippen LogP contribution in [0.4, 0.5) is 22.7 Å². The van der Waals surface area contributed by atoms with Crippen molar-refractivity contribution in [2.24, 2.45) is 0 Å². The summed E-state index contributed by atoms with van der Waals surface area (Å²) in [5.74, 6) is 0. The van der Waals surface area contributed by atoms with E-state index in [0.717, 1.165) is 6.42 Å². The molecule has 28 heavy (non-hydrogen) atoms. The van der Waals surface area contributed by atoms with E-state index < -0.39 is 0 Å². The molecule has 3 aromatic rings. The Balaban J connectivity index is 1.63. The van der Waals surface area contributed by atoms with Crippen molar-refractivity contribution < 1.29 is 0 Å². The molecule has 2 aliphatic rings. The summed E-state index contributed by atoms with van der Waals surface area (Å²) >= 11 is 0. The van der Waals surface area contributed by atoms with E-state index in [9.17, 15) is 0 Å². The number of benzene rings is 3. The van der Waals surface area contributed by atoms with Crippen molar-refractivity contribution >= 4 is 28.3 Å². The Hall–Kier alpha value is -3.26. The van der Waals surface area contributed by atoms with Crippen LogP contribution in [0.15, 0.2) is 96.6 Å². The monoisotopic (exact) mass is 364 g/mol. The number of hydrogen-bond acceptors (Lipinski definition) is 2. The summed E-state index contributed by atoms with van der Waals surface area (Å²) < 4.78 is 0. The van der Waals surface area contributed by atoms with Crippen LogP contribution < -0.4 is 9.80 Å². The third kappa shape index (κ3) is 2.73. The largest absolute Gasteiger partial charge is 0.345 e. The number of rotatable bonds is 3. The molecule has 0 N–H and O–H groups in total. The lowest BCUT2D eigenvalue weighted by Crippen LogP contribution is -2.27. The Morgan fingerprint density at radius 1 is 0.857 bits per heavy atom. The van der Waals surface area contributed by atoms with Crippen molar-refractivity contribution in [3.05, 3.63) is 102 Å². The van der Waals surface area contributed by atoms with Gasteiger partial charge in [0.05, 0.1) is 6.04 Å². The Labute approximate surface area is 167 Å². The number of anilines is 4. The fourth-order valence-electron chi connectivity index (χ4n) is 4.38. The molecule has 5 rings (SSSR count). The fraction of sp³-hybridized carbons (Fsp3) is 0.154. The van der Waals surface area contributed by atoms with Gasteiger partial charge in [0.25, 0.3) is 0 Å². The van der Waals surface area contributed by atoms with E-state index in [1.807, 2.05) is 0 Å². The van der Waals surface area contributed by atoms with Crippen LogP contribution in [0.3, 0.4) is 0 Å². The second-order valence-corrected chi connectivity index (χ2v) is 7.60. The topological polar surface area (TPSA) is 6.48 Å². The zero-order valence-corrected chi connectivity index (χ0v) is 16.3. The lowest BCUT2D eigenvalue weighted by Gasteiger charge is -2.29. The number of allylic oxidation sites excluding steroid dienone is 2. The molecular weight excluding hydrogens is 340 g/mol. The van der Waals surface area contributed by atoms with E-state index in [1.165, 1.54) is 39.5 Å². The van der Waals surface area contributed by atoms with Gasteiger partial charge in [-0.3, -0.25) is 0 Å². The molecule has 0 saturated carbocycles. The van der Waals surface area contributed by atoms with Gasteiger partial charge in [0.1, 0.15) is 0 Å². The van der Waals surface area contributed by atoms with Gasteiger partial charge in [-0.15, -0.1) is 0 Å². The van der Waals surface area contributed by atoms with Crippen LogP contribution in [0.2, 0.25) is 0 Å². The minimum Gasteiger partial charge on any atom is -0.345 e. The SMILES string of the molecule is CC1=CCC2C(=C1)c1cc(N(C)c3ccccc3)ccc1N2c1ccccc1. The lowest BCUT2D eigenvalue weighted by molar-refractivity contribution is 0.823. The minimum atomic E-state index is 0.374. The average Bonchev–Trinajstić information content (AvgIpc) is 3.07. The zero-order chi connectivity index (χ0) is 19.1. The van der Waals surface area contributed by atoms with Gasteiger partial charge in [0, 0.05) is 35.4 Å². The Morgan fingerprint density at radius 2 is 1.57 bits per heavy atom. The van der Waals surface area contributed by atoms with Crippen LogP contribution in [0.1, 0.15) is 18.9 Å². The summed E-state index contributed by atoms with van der Waals surface area (Å²) in [6, 6.07) is 28.5. The van der Waals surface area contributed by atoms with Gasteiger partial charge < -0.3 is 9.80 Å². The van der Waals surface area contributed by atoms with Crippen molar-refractivity contribution in [1.29, 1.82) is 0 Å². The first-order chi connectivity index (χ1) is 13.7. The van der Waals surface area contributed by atoms with E-state index in [-0.39, 0.29) is 0 Å². The normalized spacial score (nSPS) is 17.5. The summed E-state index contributed by atoms with van der Waals surface area (Å²) in [5.41, 5.74) is 9.11. The van der Waals surface area contributed by atoms with Gasteiger partial charge in [-0.25, -0.2) is 0 Å². The molecule has 3 aromatic carbocycles. The highest BCUT2D eigenvalue weighted by atomic mass is 15.2. The van der Waals surface area contributed by atoms with Crippen LogP contribution in [0.5, 0.6) is 0 Å². The summed E-state index contributed by atoms with van der Waals surface area (Å²) in [4.78, 5) is 4.75. The van der Waals surface area contributed by atoms with Crippen molar-refractivity contribution in [2.75, 3.05) is 16.8 Å². The second kappa shape index (κ2) is 6.72. The third-order valence-electron chi connectivity index (χ3n) is 5.83. The number of para-hydroxylation sites is 2. The van der Waals surface area contributed by atoms with E-state index in [0.29, 0.717) is 6.04 Å². The lowest BCUT2D eigenvalue weighted by atomic mass is 9.92. The van der Waals surface area contributed by atoms with Crippen LogP contribution >= 0.6 is 0 Å². The first-order valence-electron chi connectivity index (χ1n) is 9.88. The molecule has 1 atom stereocenters. The maximum Gasteiger partial charge on any atom is 0.0633 e. The predicted molar refractivity (Wildman–Crippen MR) is 120 cm³/mol. The zero-order valence-electron chi connectivity index (χ0n) is 16.3. The Morgan fingerprint density at radius 3 is 2.32 bits per heavy atom. The molecular formula is C26H24N2. The molecule has 1 heterocycles. The third-order valence-corrected chi connectivity index (χ3v) is 5.83. The molecule has 1 aliphatic carbocycles. The molecule has 0 spiro atoms. The van der Waals surface area contributed by atoms with Crippen LogP contribution in [0, 0.1) is 0 Å². The highest BCUT2D eigenvalue weighted by Gasteiger charge is 2.35. The predicted octanol–water partition coefficient (Wildman–Crippen LogP) is 6.71. The van der Waals surface area contributed by atoms with Crippen LogP contribution in [-0.4, -0.2) is 13.1 Å². The van der Waals surface area contributed by atoms with Crippen LogP contribution in [-0.2, 0) is 0 Å². The van der Waals surface area contributed by atoms with Gasteiger partial charge in [-0.1, -0.05) is 54.1 Å². The maximum absolute atomic E-state index is 2.50. The van der Waals surface area contributed by atoms with Crippen molar-refractivity contribution in [2.45, 2.75) is 19.4 Å². The Kier molecular flexibility index (Phi) is 4.05. The van der Waals surface area contributed by atoms with Crippen molar-refractivity contribution in [1.82, 2.24) is 0 Å². The quantitative estimate of drug-likeness (QED) is 0.510. The summed E-state index contributed by atoms with van der Waals surface area (Å²) in [6.45, 7) is 2.20. The highest BCUT2D eigenvalue weighted by molar-refractivity contribution is 5.95. The maximum atomic E-state index is 2.50. The minimum absolute atomic E-state index is 0.374. The van der Waals surface area contributed by atoms with Crippen molar-refractivity contribution in [3.8, 4) is 0 Å². The second-order valence-electron chi connectivity index (χ2n) is 7.60. The number of fused-ring (bicyclic) bond motifs is 3.